The van der Waals surface area contributed by atoms with Gasteiger partial charge in [0.2, 0.25) is 0 Å². The van der Waals surface area contributed by atoms with Crippen molar-refractivity contribution >= 4 is 205 Å². The summed E-state index contributed by atoms with van der Waals surface area (Å²) in [7, 11) is 6.84. The molecule has 43 heteroatoms. The number of rotatable bonds is 24. The third-order valence-corrected chi connectivity index (χ3v) is 27.5. The predicted octanol–water partition coefficient (Wildman–Crippen LogP) is 20.4. The van der Waals surface area contributed by atoms with Crippen LogP contribution in [0.1, 0.15) is 166 Å². The third kappa shape index (κ3) is 26.1. The average molecular weight is 2150 g/mol. The van der Waals surface area contributed by atoms with Crippen molar-refractivity contribution in [1.82, 2.24) is 87.1 Å². The van der Waals surface area contributed by atoms with Crippen molar-refractivity contribution in [3.8, 4) is 34.5 Å². The second-order valence-corrected chi connectivity index (χ2v) is 38.9. The van der Waals surface area contributed by atoms with Crippen molar-refractivity contribution in [2.45, 2.75) is 190 Å². The van der Waals surface area contributed by atoms with E-state index in [9.17, 15) is 63.8 Å². The number of fused-ring (bicyclic) bond motifs is 6. The zero-order valence-corrected chi connectivity index (χ0v) is 87.6. The Bertz CT molecular complexity index is 7070. The second kappa shape index (κ2) is 50.5. The summed E-state index contributed by atoms with van der Waals surface area (Å²) in [5, 5.41) is 66.9. The highest BCUT2D eigenvalue weighted by atomic mass is 35.5. The maximum absolute atomic E-state index is 13.1. The zero-order chi connectivity index (χ0) is 101. The Morgan fingerprint density at radius 3 is 0.964 bits per heavy atom. The van der Waals surface area contributed by atoms with E-state index in [1.165, 1.54) is 86.1 Å². The van der Waals surface area contributed by atoms with E-state index < -0.39 is 0 Å². The van der Waals surface area contributed by atoms with Crippen LogP contribution < -0.4 is 38.7 Å². The van der Waals surface area contributed by atoms with Gasteiger partial charge >= 0.3 is 0 Å². The molecular weight excluding hydrogens is 2040 g/mol. The molecule has 0 aliphatic carbocycles. The molecule has 0 amide bonds. The highest BCUT2D eigenvalue weighted by molar-refractivity contribution is 6.43. The topological polar surface area (TPSA) is 359 Å². The van der Waals surface area contributed by atoms with Crippen molar-refractivity contribution in [2.24, 2.45) is 21.1 Å². The standard InChI is InChI=1S/C19H18Cl2FN3O2.C17H21Cl2N3O2.C16H19Cl2N3O2.C16H21Cl2N3O2.C15H17Cl2N3O2.C13H15Cl2N3O2/c1-3-25-15(10-24(2)9-11-4-6-12(22)7-5-11)23-17-16(19(25)27)13(20)8-14(21)18(17)26;1-2-6-22-13(10-21-7-4-3-5-8-21)20-15-14(17(22)24)11(18)9-12(19)16(15)23;1-2-21-12(9-20-6-4-3-5-7-20)19-14-13(16(21)23)10(17)8-11(18)15(14)22;1-4-6-21(7-5-2)9-12-19-14-13(16(23)20(12)3)10(17)8-11(18)15(14)22;1-19-11(8-20-5-3-2-4-6-20)18-13-12(15(19)22)9(16)7-10(17)14(13)21;1-3-4-16-6-9-17-11-10(13(20)18(9)2)7(14)5-8(15)12(11)19/h4-8,26H,3,9-10H2,1-2H3;9,23H,2-8,10H2,1H3;8,22H,2-7,9H2,1H3;8,22H,4-7,9H2,1-3H3;7,21H,2-6,8H2,1H3;5,16,19H,3-4,6H2,1-2H3. The molecule has 3 aliphatic rings. The molecule has 0 radical (unpaired) electrons. The van der Waals surface area contributed by atoms with Crippen LogP contribution in [0.5, 0.6) is 34.5 Å². The summed E-state index contributed by atoms with van der Waals surface area (Å²) < 4.78 is 22.3. The Labute approximate surface area is 861 Å². The fourth-order valence-electron chi connectivity index (χ4n) is 16.8. The number of piperidine rings is 3. The SMILES string of the molecule is CCCN(CCC)Cc1nc2c(O)c(Cl)cc(Cl)c2c(=O)n1C.CCCNCc1nc2c(O)c(Cl)cc(Cl)c2c(=O)n1C.CCCn1c(CN2CCCCC2)nc2c(O)c(Cl)cc(Cl)c2c1=O.CCn1c(CN(C)Cc2ccc(F)cc2)nc2c(O)c(Cl)cc(Cl)c2c1=O.CCn1c(CN2CCCCC2)nc2c(O)c(Cl)cc(Cl)c2c1=O.Cn1c(CN2CCCCC2)nc2c(O)c(Cl)cc(Cl)c2c1=O. The van der Waals surface area contributed by atoms with Crippen LogP contribution in [-0.2, 0) is 86.6 Å². The van der Waals surface area contributed by atoms with Gasteiger partial charge in [-0.2, -0.15) is 0 Å². The molecule has 7 aromatic carbocycles. The summed E-state index contributed by atoms with van der Waals surface area (Å²) in [4.78, 5) is 114. The van der Waals surface area contributed by atoms with Gasteiger partial charge in [0.25, 0.3) is 33.4 Å². The first kappa shape index (κ1) is 111. The van der Waals surface area contributed by atoms with Gasteiger partial charge in [-0.05, 0) is 198 Å². The van der Waals surface area contributed by atoms with Crippen molar-refractivity contribution in [3.63, 3.8) is 0 Å². The Morgan fingerprint density at radius 1 is 0.338 bits per heavy atom. The van der Waals surface area contributed by atoms with E-state index in [2.05, 4.69) is 68.7 Å². The molecule has 30 nitrogen and oxygen atoms in total. The average Bonchev–Trinajstić information content (AvgIpc) is 0.779. The van der Waals surface area contributed by atoms with Crippen LogP contribution in [0.4, 0.5) is 4.39 Å². The molecule has 0 atom stereocenters. The Balaban J connectivity index is 0.000000160. The van der Waals surface area contributed by atoms with Crippen molar-refractivity contribution in [1.29, 1.82) is 0 Å². The number of benzene rings is 7. The molecule has 0 bridgehead atoms. The zero-order valence-electron chi connectivity index (χ0n) is 78.5. The van der Waals surface area contributed by atoms with Crippen LogP contribution in [0.2, 0.25) is 60.3 Å². The van der Waals surface area contributed by atoms with Gasteiger partial charge in [0.05, 0.1) is 132 Å². The molecule has 0 saturated carbocycles. The van der Waals surface area contributed by atoms with E-state index >= 15 is 0 Å². The normalized spacial score (nSPS) is 13.8. The van der Waals surface area contributed by atoms with Crippen LogP contribution in [0.15, 0.2) is 89.4 Å². The molecule has 9 heterocycles. The number of aromatic nitrogens is 12. The molecule has 3 saturated heterocycles. The fourth-order valence-corrected chi connectivity index (χ4v) is 20.0. The first-order valence-corrected chi connectivity index (χ1v) is 50.3. The number of aromatic hydroxyl groups is 6. The number of halogens is 13. The number of nitrogens with one attached hydrogen (secondary N) is 1. The van der Waals surface area contributed by atoms with Crippen LogP contribution in [-0.4, -0.2) is 178 Å². The number of nitrogens with zero attached hydrogens (tertiary/aromatic N) is 17. The smallest absolute Gasteiger partial charge is 0.263 e. The van der Waals surface area contributed by atoms with Crippen LogP contribution in [0.3, 0.4) is 0 Å². The van der Waals surface area contributed by atoms with E-state index in [4.69, 9.17) is 139 Å². The molecule has 16 rings (SSSR count). The lowest BCUT2D eigenvalue weighted by molar-refractivity contribution is 0.212. The molecule has 0 spiro atoms. The minimum Gasteiger partial charge on any atom is -0.504 e. The molecule has 13 aromatic rings. The van der Waals surface area contributed by atoms with Crippen LogP contribution >= 0.6 is 139 Å². The molecule has 3 fully saturated rings. The Morgan fingerprint density at radius 2 is 0.626 bits per heavy atom. The summed E-state index contributed by atoms with van der Waals surface area (Å²) in [5.41, 5.74) is 0.230. The van der Waals surface area contributed by atoms with Crippen molar-refractivity contribution in [3.05, 3.63) is 229 Å². The molecule has 3 aliphatic heterocycles. The summed E-state index contributed by atoms with van der Waals surface area (Å²) in [5.74, 6) is 1.93. The quantitative estimate of drug-likeness (QED) is 0.0276. The second-order valence-electron chi connectivity index (χ2n) is 34.1. The summed E-state index contributed by atoms with van der Waals surface area (Å²) in [6.45, 7) is 25.8. The van der Waals surface area contributed by atoms with Gasteiger partial charge in [-0.1, -0.05) is 198 Å². The highest BCUT2D eigenvalue weighted by Crippen LogP contribution is 2.42. The fraction of sp³-hybridized carbons (Fsp3) is 0.438. The van der Waals surface area contributed by atoms with Crippen LogP contribution in [0, 0.1) is 5.82 Å². The lowest BCUT2D eigenvalue weighted by atomic mass is 10.1. The maximum atomic E-state index is 13.1. The molecular formula is C96H111Cl12FN18O12. The summed E-state index contributed by atoms with van der Waals surface area (Å²) >= 11 is 72.4. The molecule has 748 valence electrons. The van der Waals surface area contributed by atoms with E-state index in [-0.39, 0.29) is 199 Å². The Kier molecular flexibility index (Phi) is 40.3. The van der Waals surface area contributed by atoms with E-state index in [0.717, 1.165) is 129 Å². The van der Waals surface area contributed by atoms with Gasteiger partial charge in [0.15, 0.2) is 34.5 Å². The molecule has 6 aromatic heterocycles. The van der Waals surface area contributed by atoms with Gasteiger partial charge in [0, 0.05) is 47.3 Å². The summed E-state index contributed by atoms with van der Waals surface area (Å²) in [6, 6.07) is 14.4. The van der Waals surface area contributed by atoms with Crippen molar-refractivity contribution in [2.75, 3.05) is 66.0 Å². The van der Waals surface area contributed by atoms with E-state index in [1.807, 2.05) is 39.6 Å². The highest BCUT2D eigenvalue weighted by Gasteiger charge is 2.28. The van der Waals surface area contributed by atoms with Gasteiger partial charge in [-0.3, -0.25) is 80.7 Å². The van der Waals surface area contributed by atoms with Crippen molar-refractivity contribution < 1.29 is 35.0 Å². The number of phenols is 6. The first-order valence-electron chi connectivity index (χ1n) is 45.8. The number of hydrogen-bond donors (Lipinski definition) is 7. The maximum Gasteiger partial charge on any atom is 0.263 e. The third-order valence-electron chi connectivity index (χ3n) is 24.0. The largest absolute Gasteiger partial charge is 0.504 e. The van der Waals surface area contributed by atoms with Gasteiger partial charge in [-0.25, -0.2) is 34.3 Å². The monoisotopic (exact) mass is 2150 g/mol. The lowest BCUT2D eigenvalue weighted by Crippen LogP contribution is -2.34. The minimum atomic E-state index is -0.329. The molecule has 139 heavy (non-hydrogen) atoms. The van der Waals surface area contributed by atoms with E-state index in [0.29, 0.717) is 100 Å². The van der Waals surface area contributed by atoms with E-state index in [1.54, 1.807) is 42.4 Å². The first-order chi connectivity index (χ1) is 66.2. The number of phenolic OH excluding ortho intramolecular Hbond substituents is 6. The predicted molar refractivity (Wildman–Crippen MR) is 558 cm³/mol. The lowest BCUT2D eigenvalue weighted by Gasteiger charge is -2.27. The Hall–Kier alpha value is -8.65. The number of hydrogen-bond acceptors (Lipinski definition) is 24. The minimum absolute atomic E-state index is 0.0410. The summed E-state index contributed by atoms with van der Waals surface area (Å²) in [6.07, 6.45) is 14.5. The van der Waals surface area contributed by atoms with Crippen LogP contribution in [0.25, 0.3) is 65.4 Å². The number of likely N-dealkylation sites (tertiary alicyclic amines) is 3. The molecule has 7 N–H and O–H groups in total. The van der Waals surface area contributed by atoms with Gasteiger partial charge < -0.3 is 36.0 Å². The van der Waals surface area contributed by atoms with Gasteiger partial charge in [-0.15, -0.1) is 0 Å². The molecule has 0 unspecified atom stereocenters. The van der Waals surface area contributed by atoms with Gasteiger partial charge in [0.1, 0.15) is 73.9 Å².